The number of nitrogens with zero attached hydrogens (tertiary/aromatic N) is 2. The number of nitrogens with two attached hydrogens (primary N) is 1. The van der Waals surface area contributed by atoms with Gasteiger partial charge in [-0.3, -0.25) is 4.90 Å². The van der Waals surface area contributed by atoms with Crippen molar-refractivity contribution in [3.63, 3.8) is 0 Å². The maximum absolute atomic E-state index is 6.15. The van der Waals surface area contributed by atoms with E-state index in [1.807, 2.05) is 0 Å². The molecule has 0 aromatic carbocycles. The van der Waals surface area contributed by atoms with Crippen LogP contribution in [0.1, 0.15) is 40.0 Å². The Morgan fingerprint density at radius 1 is 1.22 bits per heavy atom. The topological polar surface area (TPSA) is 32.5 Å². The Bertz CT molecular complexity index is 256. The molecular formula is C15H31N3. The van der Waals surface area contributed by atoms with Crippen LogP contribution in [-0.4, -0.2) is 54.6 Å². The van der Waals surface area contributed by atoms with E-state index >= 15 is 0 Å². The van der Waals surface area contributed by atoms with Gasteiger partial charge in [-0.15, -0.1) is 0 Å². The largest absolute Gasteiger partial charge is 0.329 e. The van der Waals surface area contributed by atoms with E-state index in [-0.39, 0.29) is 0 Å². The Kier molecular flexibility index (Phi) is 4.68. The average molecular weight is 253 g/mol. The van der Waals surface area contributed by atoms with Crippen LogP contribution in [-0.2, 0) is 0 Å². The van der Waals surface area contributed by atoms with Gasteiger partial charge in [-0.05, 0) is 50.7 Å². The van der Waals surface area contributed by atoms with Gasteiger partial charge in [0.25, 0.3) is 0 Å². The summed E-state index contributed by atoms with van der Waals surface area (Å²) in [6.45, 7) is 14.1. The zero-order valence-corrected chi connectivity index (χ0v) is 12.5. The summed E-state index contributed by atoms with van der Waals surface area (Å²) in [6.07, 6.45) is 3.89. The Morgan fingerprint density at radius 2 is 1.89 bits per heavy atom. The molecule has 2 saturated heterocycles. The summed E-state index contributed by atoms with van der Waals surface area (Å²) in [6, 6.07) is 0. The van der Waals surface area contributed by atoms with Crippen LogP contribution in [0.15, 0.2) is 0 Å². The van der Waals surface area contributed by atoms with Crippen molar-refractivity contribution in [2.45, 2.75) is 45.6 Å². The molecule has 0 radical (unpaired) electrons. The fraction of sp³-hybridized carbons (Fsp3) is 1.00. The molecule has 0 spiro atoms. The molecule has 3 heteroatoms. The monoisotopic (exact) mass is 253 g/mol. The van der Waals surface area contributed by atoms with E-state index in [0.29, 0.717) is 5.54 Å². The highest BCUT2D eigenvalue weighted by atomic mass is 15.3. The molecule has 2 aliphatic heterocycles. The molecule has 0 amide bonds. The second kappa shape index (κ2) is 5.89. The smallest absolute Gasteiger partial charge is 0.0356 e. The first-order valence-corrected chi connectivity index (χ1v) is 7.73. The van der Waals surface area contributed by atoms with Crippen molar-refractivity contribution in [2.75, 3.05) is 39.3 Å². The molecule has 0 saturated carbocycles. The van der Waals surface area contributed by atoms with Crippen molar-refractivity contribution in [2.24, 2.45) is 17.6 Å². The second-order valence-electron chi connectivity index (χ2n) is 6.96. The minimum atomic E-state index is 0.318. The minimum absolute atomic E-state index is 0.318. The Balaban J connectivity index is 1.91. The fourth-order valence-corrected chi connectivity index (χ4v) is 3.68. The van der Waals surface area contributed by atoms with Crippen LogP contribution in [0.25, 0.3) is 0 Å². The molecule has 106 valence electrons. The van der Waals surface area contributed by atoms with Gasteiger partial charge in [0.2, 0.25) is 0 Å². The van der Waals surface area contributed by atoms with Crippen molar-refractivity contribution < 1.29 is 0 Å². The summed E-state index contributed by atoms with van der Waals surface area (Å²) in [7, 11) is 0. The van der Waals surface area contributed by atoms with Gasteiger partial charge in [0.05, 0.1) is 0 Å². The fourth-order valence-electron chi connectivity index (χ4n) is 3.68. The normalized spacial score (nSPS) is 30.2. The van der Waals surface area contributed by atoms with E-state index in [0.717, 1.165) is 18.4 Å². The van der Waals surface area contributed by atoms with Gasteiger partial charge < -0.3 is 10.6 Å². The SMILES string of the molecule is CC(C)CN1CCC(CN)(N2CCC(C)C2)CC1. The van der Waals surface area contributed by atoms with Crippen molar-refractivity contribution >= 4 is 0 Å². The zero-order valence-electron chi connectivity index (χ0n) is 12.5. The van der Waals surface area contributed by atoms with Gasteiger partial charge in [0.1, 0.15) is 0 Å². The Hall–Kier alpha value is -0.120. The number of likely N-dealkylation sites (tertiary alicyclic amines) is 2. The maximum atomic E-state index is 6.15. The van der Waals surface area contributed by atoms with Crippen LogP contribution in [0.5, 0.6) is 0 Å². The third kappa shape index (κ3) is 3.06. The first kappa shape index (κ1) is 14.3. The number of rotatable bonds is 4. The van der Waals surface area contributed by atoms with Crippen LogP contribution >= 0.6 is 0 Å². The summed E-state index contributed by atoms with van der Waals surface area (Å²) in [5, 5.41) is 0. The van der Waals surface area contributed by atoms with Crippen molar-refractivity contribution in [3.8, 4) is 0 Å². The molecule has 2 fully saturated rings. The molecule has 0 aromatic rings. The lowest BCUT2D eigenvalue weighted by Crippen LogP contribution is -2.59. The Morgan fingerprint density at radius 3 is 2.33 bits per heavy atom. The summed E-state index contributed by atoms with van der Waals surface area (Å²) in [4.78, 5) is 5.32. The third-order valence-electron chi connectivity index (χ3n) is 4.88. The van der Waals surface area contributed by atoms with Gasteiger partial charge in [-0.2, -0.15) is 0 Å². The molecule has 0 aliphatic carbocycles. The van der Waals surface area contributed by atoms with Gasteiger partial charge in [-0.1, -0.05) is 20.8 Å². The molecule has 0 bridgehead atoms. The van der Waals surface area contributed by atoms with Crippen LogP contribution in [0.3, 0.4) is 0 Å². The highest BCUT2D eigenvalue weighted by Gasteiger charge is 2.40. The first-order chi connectivity index (χ1) is 8.55. The molecule has 1 unspecified atom stereocenters. The number of piperidine rings is 1. The van der Waals surface area contributed by atoms with Crippen LogP contribution < -0.4 is 5.73 Å². The molecule has 18 heavy (non-hydrogen) atoms. The van der Waals surface area contributed by atoms with Gasteiger partial charge in [-0.25, -0.2) is 0 Å². The summed E-state index contributed by atoms with van der Waals surface area (Å²) in [5.74, 6) is 1.64. The van der Waals surface area contributed by atoms with Crippen LogP contribution in [0.2, 0.25) is 0 Å². The molecule has 2 rings (SSSR count). The van der Waals surface area contributed by atoms with Crippen molar-refractivity contribution in [1.82, 2.24) is 9.80 Å². The molecular weight excluding hydrogens is 222 g/mol. The van der Waals surface area contributed by atoms with E-state index in [1.165, 1.54) is 52.0 Å². The van der Waals surface area contributed by atoms with Crippen molar-refractivity contribution in [3.05, 3.63) is 0 Å². The molecule has 0 aromatic heterocycles. The maximum Gasteiger partial charge on any atom is 0.0356 e. The lowest BCUT2D eigenvalue weighted by Gasteiger charge is -2.47. The van der Waals surface area contributed by atoms with E-state index in [9.17, 15) is 0 Å². The highest BCUT2D eigenvalue weighted by molar-refractivity contribution is 4.98. The number of hydrogen-bond acceptors (Lipinski definition) is 3. The first-order valence-electron chi connectivity index (χ1n) is 7.73. The van der Waals surface area contributed by atoms with Gasteiger partial charge in [0, 0.05) is 25.2 Å². The van der Waals surface area contributed by atoms with Gasteiger partial charge in [0.15, 0.2) is 0 Å². The Labute approximate surface area is 113 Å². The molecule has 2 aliphatic rings. The average Bonchev–Trinajstić information content (AvgIpc) is 2.77. The summed E-state index contributed by atoms with van der Waals surface area (Å²) < 4.78 is 0. The van der Waals surface area contributed by atoms with E-state index in [4.69, 9.17) is 5.73 Å². The predicted molar refractivity (Wildman–Crippen MR) is 77.7 cm³/mol. The van der Waals surface area contributed by atoms with E-state index in [1.54, 1.807) is 0 Å². The van der Waals surface area contributed by atoms with E-state index in [2.05, 4.69) is 30.6 Å². The molecule has 3 nitrogen and oxygen atoms in total. The second-order valence-corrected chi connectivity index (χ2v) is 6.96. The van der Waals surface area contributed by atoms with Crippen LogP contribution in [0, 0.1) is 11.8 Å². The van der Waals surface area contributed by atoms with Gasteiger partial charge >= 0.3 is 0 Å². The minimum Gasteiger partial charge on any atom is -0.329 e. The standard InChI is InChI=1S/C15H31N3/c1-13(2)10-17-8-5-15(12-16,6-9-17)18-7-4-14(3)11-18/h13-14H,4-12,16H2,1-3H3. The van der Waals surface area contributed by atoms with Crippen molar-refractivity contribution in [1.29, 1.82) is 0 Å². The zero-order chi connectivity index (χ0) is 13.2. The highest BCUT2D eigenvalue weighted by Crippen LogP contribution is 2.32. The molecule has 2 N–H and O–H groups in total. The third-order valence-corrected chi connectivity index (χ3v) is 4.88. The number of hydrogen-bond donors (Lipinski definition) is 1. The molecule has 1 atom stereocenters. The molecule has 2 heterocycles. The van der Waals surface area contributed by atoms with Crippen LogP contribution in [0.4, 0.5) is 0 Å². The predicted octanol–water partition coefficient (Wildman–Crippen LogP) is 1.78. The lowest BCUT2D eigenvalue weighted by molar-refractivity contribution is 0.0378. The summed E-state index contributed by atoms with van der Waals surface area (Å²) in [5.41, 5.74) is 6.47. The van der Waals surface area contributed by atoms with E-state index < -0.39 is 0 Å². The summed E-state index contributed by atoms with van der Waals surface area (Å²) >= 11 is 0. The lowest BCUT2D eigenvalue weighted by atomic mass is 9.85. The quantitative estimate of drug-likeness (QED) is 0.829.